The highest BCUT2D eigenvalue weighted by atomic mass is 79.9. The van der Waals surface area contributed by atoms with Crippen LogP contribution in [-0.4, -0.2) is 61.0 Å². The second-order valence-electron chi connectivity index (χ2n) is 7.93. The van der Waals surface area contributed by atoms with Gasteiger partial charge in [-0.05, 0) is 49.7 Å². The van der Waals surface area contributed by atoms with Gasteiger partial charge in [0.25, 0.3) is 16.0 Å². The first kappa shape index (κ1) is 25.0. The van der Waals surface area contributed by atoms with E-state index >= 15 is 0 Å². The van der Waals surface area contributed by atoms with E-state index < -0.39 is 15.4 Å². The molecule has 1 saturated heterocycles. The molecular formula is C22H26BrClN2O5S. The average Bonchev–Trinajstić information content (AvgIpc) is 2.73. The minimum atomic E-state index is -4.31. The van der Waals surface area contributed by atoms with Crippen molar-refractivity contribution in [3.63, 3.8) is 0 Å². The van der Waals surface area contributed by atoms with E-state index in [0.717, 1.165) is 19.6 Å². The smallest absolute Gasteiger partial charge is 0.271 e. The van der Waals surface area contributed by atoms with Gasteiger partial charge < -0.3 is 9.64 Å². The number of hydrogen-bond acceptors (Lipinski definition) is 5. The molecule has 1 aliphatic heterocycles. The molecule has 1 fully saturated rings. The van der Waals surface area contributed by atoms with Crippen molar-refractivity contribution in [3.05, 3.63) is 63.1 Å². The molecule has 10 heteroatoms. The van der Waals surface area contributed by atoms with Crippen molar-refractivity contribution in [1.29, 1.82) is 0 Å². The van der Waals surface area contributed by atoms with Gasteiger partial charge in [0.1, 0.15) is 11.0 Å². The van der Waals surface area contributed by atoms with Crippen LogP contribution in [0, 0.1) is 0 Å². The van der Waals surface area contributed by atoms with E-state index in [4.69, 9.17) is 16.3 Å². The lowest BCUT2D eigenvalue weighted by Gasteiger charge is -2.40. The minimum Gasteiger partial charge on any atom is -0.483 e. The van der Waals surface area contributed by atoms with Crippen LogP contribution in [0.2, 0.25) is 5.02 Å². The lowest BCUT2D eigenvalue weighted by Crippen LogP contribution is -2.54. The van der Waals surface area contributed by atoms with E-state index in [2.05, 4.69) is 20.8 Å². The van der Waals surface area contributed by atoms with Crippen molar-refractivity contribution in [1.82, 2.24) is 9.80 Å². The van der Waals surface area contributed by atoms with Gasteiger partial charge in [0.2, 0.25) is 0 Å². The van der Waals surface area contributed by atoms with E-state index in [1.807, 2.05) is 31.2 Å². The van der Waals surface area contributed by atoms with Crippen molar-refractivity contribution in [2.75, 3.05) is 26.2 Å². The summed E-state index contributed by atoms with van der Waals surface area (Å²) in [5, 5.41) is -0.474. The summed E-state index contributed by atoms with van der Waals surface area (Å²) in [6.45, 7) is 5.99. The normalized spacial score (nSPS) is 18.4. The van der Waals surface area contributed by atoms with Gasteiger partial charge in [-0.15, -0.1) is 0 Å². The summed E-state index contributed by atoms with van der Waals surface area (Å²) >= 11 is 9.24. The second-order valence-corrected chi connectivity index (χ2v) is 11.0. The summed E-state index contributed by atoms with van der Waals surface area (Å²) in [4.78, 5) is 16.9. The molecule has 0 radical (unpaired) electrons. The van der Waals surface area contributed by atoms with Crippen molar-refractivity contribution >= 4 is 43.6 Å². The molecule has 0 bridgehead atoms. The predicted octanol–water partition coefficient (Wildman–Crippen LogP) is 4.16. The molecule has 32 heavy (non-hydrogen) atoms. The van der Waals surface area contributed by atoms with E-state index in [1.165, 1.54) is 12.5 Å². The minimum absolute atomic E-state index is 0.00767. The summed E-state index contributed by atoms with van der Waals surface area (Å²) in [6, 6.07) is 12.6. The van der Waals surface area contributed by atoms with Crippen LogP contribution in [0.25, 0.3) is 0 Å². The largest absolute Gasteiger partial charge is 0.483 e. The van der Waals surface area contributed by atoms with Gasteiger partial charge in [-0.25, -0.2) is 0 Å². The topological polar surface area (TPSA) is 87.2 Å². The first-order valence-corrected chi connectivity index (χ1v) is 12.9. The zero-order valence-corrected chi connectivity index (χ0v) is 21.0. The number of carbonyl (C=O) groups excluding carboxylic acids is 1. The third kappa shape index (κ3) is 6.45. The molecular weight excluding hydrogens is 520 g/mol. The van der Waals surface area contributed by atoms with Gasteiger partial charge in [-0.2, -0.15) is 8.42 Å². The molecule has 0 spiro atoms. The lowest BCUT2D eigenvalue weighted by atomic mass is 10.1. The van der Waals surface area contributed by atoms with Gasteiger partial charge in [0, 0.05) is 47.3 Å². The van der Waals surface area contributed by atoms with Crippen LogP contribution in [-0.2, 0) is 21.5 Å². The van der Waals surface area contributed by atoms with Crippen LogP contribution in [0.15, 0.2) is 46.9 Å². The fourth-order valence-electron chi connectivity index (χ4n) is 3.75. The molecule has 2 atom stereocenters. The maximum Gasteiger partial charge on any atom is 0.271 e. The number of amides is 1. The molecule has 1 unspecified atom stereocenters. The van der Waals surface area contributed by atoms with Crippen molar-refractivity contribution in [2.45, 2.75) is 31.7 Å². The highest BCUT2D eigenvalue weighted by Gasteiger charge is 2.29. The average molecular weight is 546 g/mol. The molecule has 174 valence electrons. The van der Waals surface area contributed by atoms with Crippen molar-refractivity contribution < 1.29 is 22.5 Å². The first-order valence-electron chi connectivity index (χ1n) is 10.2. The number of piperazine rings is 1. The second kappa shape index (κ2) is 10.5. The Bertz CT molecular complexity index is 1060. The zero-order valence-electron chi connectivity index (χ0n) is 17.9. The maximum atomic E-state index is 12.8. The third-order valence-corrected chi connectivity index (χ3v) is 7.45. The zero-order chi connectivity index (χ0) is 23.5. The van der Waals surface area contributed by atoms with Gasteiger partial charge in [0.05, 0.1) is 0 Å². The summed E-state index contributed by atoms with van der Waals surface area (Å²) in [6.07, 6.45) is 0. The Hall–Kier alpha value is -1.65. The molecule has 1 heterocycles. The number of ether oxygens (including phenoxy) is 1. The van der Waals surface area contributed by atoms with E-state index in [-0.39, 0.29) is 29.9 Å². The van der Waals surface area contributed by atoms with Crippen LogP contribution >= 0.6 is 27.5 Å². The summed E-state index contributed by atoms with van der Waals surface area (Å²) < 4.78 is 39.0. The van der Waals surface area contributed by atoms with Gasteiger partial charge >= 0.3 is 0 Å². The quantitative estimate of drug-likeness (QED) is 0.526. The summed E-state index contributed by atoms with van der Waals surface area (Å²) in [5.41, 5.74) is 1.45. The Morgan fingerprint density at radius 3 is 2.56 bits per heavy atom. The Morgan fingerprint density at radius 1 is 1.25 bits per heavy atom. The van der Waals surface area contributed by atoms with Crippen LogP contribution in [0.5, 0.6) is 5.75 Å². The number of halogens is 2. The van der Waals surface area contributed by atoms with Crippen LogP contribution < -0.4 is 4.74 Å². The molecule has 1 aliphatic rings. The summed E-state index contributed by atoms with van der Waals surface area (Å²) in [7, 11) is -4.31. The molecule has 0 aliphatic carbocycles. The Balaban J connectivity index is 1.60. The van der Waals surface area contributed by atoms with Crippen molar-refractivity contribution in [3.8, 4) is 5.75 Å². The lowest BCUT2D eigenvalue weighted by molar-refractivity contribution is -0.138. The van der Waals surface area contributed by atoms with E-state index in [9.17, 15) is 17.8 Å². The molecule has 2 aromatic carbocycles. The van der Waals surface area contributed by atoms with Crippen LogP contribution in [0.3, 0.4) is 0 Å². The highest BCUT2D eigenvalue weighted by molar-refractivity contribution is 9.10. The number of nitrogens with zero attached hydrogens (tertiary/aromatic N) is 2. The maximum absolute atomic E-state index is 12.8. The van der Waals surface area contributed by atoms with Crippen molar-refractivity contribution in [2.24, 2.45) is 0 Å². The standard InChI is InChI=1S/C22H26BrClN2O5S/c1-15-12-25(13-17-3-6-19(24)7-4-17)9-10-26(15)22(27)14-31-21-8-5-18(23)11-20(21)16(2)32(28,29)30/h3-8,11,15-16H,9-10,12-14H2,1-2H3,(H,28,29,30)/t15-,16?/m1/s1. The van der Waals surface area contributed by atoms with Gasteiger partial charge in [-0.1, -0.05) is 39.7 Å². The fourth-order valence-corrected chi connectivity index (χ4v) is 4.76. The molecule has 1 N–H and O–H groups in total. The van der Waals surface area contributed by atoms with Crippen LogP contribution in [0.1, 0.15) is 30.2 Å². The summed E-state index contributed by atoms with van der Waals surface area (Å²) in [5.74, 6) is 0.0812. The molecule has 1 amide bonds. The Morgan fingerprint density at radius 2 is 1.94 bits per heavy atom. The van der Waals surface area contributed by atoms with Gasteiger partial charge in [-0.3, -0.25) is 14.2 Å². The van der Waals surface area contributed by atoms with Crippen LogP contribution in [0.4, 0.5) is 0 Å². The Labute approximate surface area is 202 Å². The third-order valence-electron chi connectivity index (χ3n) is 5.56. The fraction of sp³-hybridized carbons (Fsp3) is 0.409. The highest BCUT2D eigenvalue weighted by Crippen LogP contribution is 2.32. The number of rotatable bonds is 7. The molecule has 0 aromatic heterocycles. The molecule has 3 rings (SSSR count). The van der Waals surface area contributed by atoms with E-state index in [1.54, 1.807) is 23.1 Å². The molecule has 0 saturated carbocycles. The number of benzene rings is 2. The van der Waals surface area contributed by atoms with E-state index in [0.29, 0.717) is 16.0 Å². The first-order chi connectivity index (χ1) is 15.0. The predicted molar refractivity (Wildman–Crippen MR) is 128 cm³/mol. The monoisotopic (exact) mass is 544 g/mol. The van der Waals surface area contributed by atoms with Gasteiger partial charge in [0.15, 0.2) is 6.61 Å². The Kier molecular flexibility index (Phi) is 8.21. The number of hydrogen-bond donors (Lipinski definition) is 1. The molecule has 2 aromatic rings. The SMILES string of the molecule is CC(c1cc(Br)ccc1OCC(=O)N1CCN(Cc2ccc(Cl)cc2)C[C@H]1C)S(=O)(=O)O. The molecule has 7 nitrogen and oxygen atoms in total. The number of carbonyl (C=O) groups is 1.